The molecule has 2 heterocycles. The van der Waals surface area contributed by atoms with E-state index in [1.165, 1.54) is 0 Å². The summed E-state index contributed by atoms with van der Waals surface area (Å²) >= 11 is 0. The predicted molar refractivity (Wildman–Crippen MR) is 89.1 cm³/mol. The zero-order chi connectivity index (χ0) is 17.7. The SMILES string of the molecule is C=C[C@H]1C(C)(C)C(=O)[C@H]2C[C@]1(C)[C@H]1[C@H]3OC(=O)/C(=C/C)[C@H]3O[C@@]21C. The molecule has 2 bridgehead atoms. The highest BCUT2D eigenvalue weighted by molar-refractivity contribution is 5.93. The van der Waals surface area contributed by atoms with E-state index in [0.717, 1.165) is 6.42 Å². The third-order valence-corrected chi connectivity index (χ3v) is 7.44. The van der Waals surface area contributed by atoms with Gasteiger partial charge in [-0.1, -0.05) is 32.9 Å². The van der Waals surface area contributed by atoms with Crippen molar-refractivity contribution in [3.05, 3.63) is 24.3 Å². The van der Waals surface area contributed by atoms with Crippen LogP contribution in [0.3, 0.4) is 0 Å². The maximum atomic E-state index is 13.2. The number of ether oxygens (including phenoxy) is 2. The van der Waals surface area contributed by atoms with Gasteiger partial charge in [0.25, 0.3) is 0 Å². The zero-order valence-corrected chi connectivity index (χ0v) is 15.1. The molecule has 2 aliphatic heterocycles. The summed E-state index contributed by atoms with van der Waals surface area (Å²) in [6.07, 6.45) is 3.85. The zero-order valence-electron chi connectivity index (χ0n) is 15.1. The number of carbonyl (C=O) groups excluding carboxylic acids is 2. The first-order valence-electron chi connectivity index (χ1n) is 8.84. The molecule has 0 aromatic carbocycles. The van der Waals surface area contributed by atoms with Crippen LogP contribution in [-0.4, -0.2) is 29.6 Å². The van der Waals surface area contributed by atoms with Gasteiger partial charge in [0, 0.05) is 17.3 Å². The van der Waals surface area contributed by atoms with E-state index in [1.54, 1.807) is 6.08 Å². The highest BCUT2D eigenvalue weighted by atomic mass is 16.6. The van der Waals surface area contributed by atoms with E-state index in [2.05, 4.69) is 13.5 Å². The largest absolute Gasteiger partial charge is 0.455 e. The van der Waals surface area contributed by atoms with Crippen molar-refractivity contribution in [1.29, 1.82) is 0 Å². The van der Waals surface area contributed by atoms with E-state index in [9.17, 15) is 9.59 Å². The predicted octanol–water partition coefficient (Wildman–Crippen LogP) is 3.07. The fourth-order valence-electron chi connectivity index (χ4n) is 6.64. The maximum absolute atomic E-state index is 13.2. The highest BCUT2D eigenvalue weighted by Crippen LogP contribution is 2.71. The molecule has 4 aliphatic rings. The van der Waals surface area contributed by atoms with Gasteiger partial charge in [-0.05, 0) is 31.6 Å². The minimum atomic E-state index is -0.578. The van der Waals surface area contributed by atoms with E-state index in [4.69, 9.17) is 9.47 Å². The van der Waals surface area contributed by atoms with Crippen LogP contribution in [0.25, 0.3) is 0 Å². The summed E-state index contributed by atoms with van der Waals surface area (Å²) in [6.45, 7) is 14.2. The molecule has 0 amide bonds. The molecule has 130 valence electrons. The standard InChI is InChI=1S/C20H26O4/c1-7-10-13-14(23-17(10)22)15-19(5)9-11(20(15,6)24-13)16(21)18(3,4)12(19)8-2/h7-8,11-15H,2,9H2,1,3-6H3/b10-7+/t11-,12+,13-,14+,15-,19+,20+/m1/s1. The third-order valence-electron chi connectivity index (χ3n) is 7.44. The molecule has 0 aromatic rings. The normalized spacial score (nSPS) is 53.0. The van der Waals surface area contributed by atoms with Crippen LogP contribution in [0, 0.1) is 28.6 Å². The average molecular weight is 330 g/mol. The number of hydrogen-bond donors (Lipinski definition) is 0. The lowest BCUT2D eigenvalue weighted by atomic mass is 9.54. The van der Waals surface area contributed by atoms with Crippen molar-refractivity contribution in [2.75, 3.05) is 0 Å². The van der Waals surface area contributed by atoms with E-state index in [0.29, 0.717) is 5.57 Å². The van der Waals surface area contributed by atoms with E-state index in [1.807, 2.05) is 33.8 Å². The van der Waals surface area contributed by atoms with Crippen LogP contribution < -0.4 is 0 Å². The Bertz CT molecular complexity index is 690. The maximum Gasteiger partial charge on any atom is 0.336 e. The summed E-state index contributed by atoms with van der Waals surface area (Å²) in [5.74, 6) is -0.129. The van der Waals surface area contributed by atoms with Gasteiger partial charge in [0.15, 0.2) is 0 Å². The van der Waals surface area contributed by atoms with Gasteiger partial charge in [0.2, 0.25) is 0 Å². The minimum absolute atomic E-state index is 0.00937. The number of allylic oxidation sites excluding steroid dienone is 2. The first-order chi connectivity index (χ1) is 11.1. The molecule has 24 heavy (non-hydrogen) atoms. The topological polar surface area (TPSA) is 52.6 Å². The summed E-state index contributed by atoms with van der Waals surface area (Å²) in [5, 5.41) is 0. The molecule has 0 spiro atoms. The molecular weight excluding hydrogens is 304 g/mol. The van der Waals surface area contributed by atoms with Crippen LogP contribution in [0.4, 0.5) is 0 Å². The van der Waals surface area contributed by atoms with E-state index < -0.39 is 11.0 Å². The van der Waals surface area contributed by atoms with Gasteiger partial charge < -0.3 is 9.47 Å². The highest BCUT2D eigenvalue weighted by Gasteiger charge is 2.77. The number of fused-ring (bicyclic) bond motifs is 7. The van der Waals surface area contributed by atoms with Gasteiger partial charge in [-0.15, -0.1) is 6.58 Å². The summed E-state index contributed by atoms with van der Waals surface area (Å²) in [6, 6.07) is 0. The molecule has 0 N–H and O–H groups in total. The van der Waals surface area contributed by atoms with Gasteiger partial charge in [-0.2, -0.15) is 0 Å². The monoisotopic (exact) mass is 330 g/mol. The number of ketones is 1. The Morgan fingerprint density at radius 1 is 1.21 bits per heavy atom. The van der Waals surface area contributed by atoms with Crippen LogP contribution in [0.5, 0.6) is 0 Å². The number of carbonyl (C=O) groups is 2. The van der Waals surface area contributed by atoms with Gasteiger partial charge >= 0.3 is 5.97 Å². The van der Waals surface area contributed by atoms with Crippen LogP contribution in [0.1, 0.15) is 41.0 Å². The molecule has 7 atom stereocenters. The molecule has 2 aliphatic carbocycles. The van der Waals surface area contributed by atoms with Crippen LogP contribution in [-0.2, 0) is 19.1 Å². The molecule has 0 unspecified atom stereocenters. The van der Waals surface area contributed by atoms with Gasteiger partial charge in [-0.3, -0.25) is 4.79 Å². The van der Waals surface area contributed by atoms with Gasteiger partial charge in [0.1, 0.15) is 18.0 Å². The second-order valence-electron chi connectivity index (χ2n) is 8.88. The molecule has 2 saturated heterocycles. The lowest BCUT2D eigenvalue weighted by Crippen LogP contribution is -2.50. The molecule has 4 rings (SSSR count). The van der Waals surface area contributed by atoms with Crippen molar-refractivity contribution >= 4 is 11.8 Å². The van der Waals surface area contributed by atoms with Crippen molar-refractivity contribution in [3.8, 4) is 0 Å². The Hall–Kier alpha value is -1.42. The summed E-state index contributed by atoms with van der Waals surface area (Å²) in [7, 11) is 0. The van der Waals surface area contributed by atoms with Gasteiger partial charge in [0.05, 0.1) is 11.2 Å². The van der Waals surface area contributed by atoms with Crippen LogP contribution >= 0.6 is 0 Å². The Morgan fingerprint density at radius 3 is 2.46 bits per heavy atom. The minimum Gasteiger partial charge on any atom is -0.455 e. The summed E-state index contributed by atoms with van der Waals surface area (Å²) in [4.78, 5) is 25.4. The Balaban J connectivity index is 1.89. The van der Waals surface area contributed by atoms with E-state index in [-0.39, 0.29) is 47.1 Å². The number of esters is 1. The fourth-order valence-corrected chi connectivity index (χ4v) is 6.64. The number of hydrogen-bond acceptors (Lipinski definition) is 4. The first kappa shape index (κ1) is 16.1. The molecule has 2 saturated carbocycles. The lowest BCUT2D eigenvalue weighted by molar-refractivity contribution is -0.148. The summed E-state index contributed by atoms with van der Waals surface area (Å²) in [5.41, 5.74) is -0.622. The Labute approximate surface area is 143 Å². The van der Waals surface area contributed by atoms with Crippen molar-refractivity contribution in [3.63, 3.8) is 0 Å². The van der Waals surface area contributed by atoms with Crippen LogP contribution in [0.15, 0.2) is 24.3 Å². The second kappa shape index (κ2) is 4.40. The van der Waals surface area contributed by atoms with Gasteiger partial charge in [-0.25, -0.2) is 4.79 Å². The number of rotatable bonds is 1. The fraction of sp³-hybridized carbons (Fsp3) is 0.700. The smallest absolute Gasteiger partial charge is 0.336 e. The van der Waals surface area contributed by atoms with Crippen molar-refractivity contribution in [2.45, 2.75) is 58.8 Å². The molecule has 0 aromatic heterocycles. The van der Waals surface area contributed by atoms with Crippen molar-refractivity contribution < 1.29 is 19.1 Å². The molecule has 4 fully saturated rings. The molecule has 4 heteroatoms. The first-order valence-corrected chi connectivity index (χ1v) is 8.84. The molecular formula is C20H26O4. The average Bonchev–Trinajstić information content (AvgIpc) is 3.00. The summed E-state index contributed by atoms with van der Waals surface area (Å²) < 4.78 is 12.2. The Kier molecular flexibility index (Phi) is 2.95. The molecule has 4 nitrogen and oxygen atoms in total. The van der Waals surface area contributed by atoms with E-state index >= 15 is 0 Å². The van der Waals surface area contributed by atoms with Crippen LogP contribution in [0.2, 0.25) is 0 Å². The Morgan fingerprint density at radius 2 is 1.88 bits per heavy atom. The molecule has 0 radical (unpaired) electrons. The van der Waals surface area contributed by atoms with Crippen molar-refractivity contribution in [1.82, 2.24) is 0 Å². The number of Topliss-reactive ketones (excluding diaryl/α,β-unsaturated/α-hetero) is 1. The van der Waals surface area contributed by atoms with Crippen molar-refractivity contribution in [2.24, 2.45) is 28.6 Å². The quantitative estimate of drug-likeness (QED) is 0.421. The lowest BCUT2D eigenvalue weighted by Gasteiger charge is -2.48. The second-order valence-corrected chi connectivity index (χ2v) is 8.88. The third kappa shape index (κ3) is 1.50.